The molecular formula is C11H17NO3. The van der Waals surface area contributed by atoms with Gasteiger partial charge in [-0.25, -0.2) is 0 Å². The van der Waals surface area contributed by atoms with Crippen molar-refractivity contribution >= 4 is 11.7 Å². The Morgan fingerprint density at radius 2 is 2.20 bits per heavy atom. The summed E-state index contributed by atoms with van der Waals surface area (Å²) in [5.41, 5.74) is 0. The molecule has 84 valence electrons. The maximum Gasteiger partial charge on any atom is 0.196 e. The van der Waals surface area contributed by atoms with E-state index in [9.17, 15) is 4.79 Å². The van der Waals surface area contributed by atoms with Crippen LogP contribution in [0.3, 0.4) is 0 Å². The Balaban J connectivity index is 2.86. The Hall–Kier alpha value is -1.29. The van der Waals surface area contributed by atoms with Gasteiger partial charge in [-0.3, -0.25) is 4.79 Å². The average molecular weight is 211 g/mol. The fraction of sp³-hybridized carbons (Fsp3) is 0.545. The second-order valence-corrected chi connectivity index (χ2v) is 3.70. The molecule has 0 aliphatic heterocycles. The van der Waals surface area contributed by atoms with Crippen molar-refractivity contribution < 1.29 is 14.3 Å². The molecule has 0 atom stereocenters. The first kappa shape index (κ1) is 11.8. The number of carbonyl (C=O) groups is 1. The fourth-order valence-electron chi connectivity index (χ4n) is 1.40. The molecule has 1 N–H and O–H groups in total. The van der Waals surface area contributed by atoms with E-state index in [1.807, 2.05) is 18.7 Å². The van der Waals surface area contributed by atoms with Crippen LogP contribution in [0.5, 0.6) is 0 Å². The van der Waals surface area contributed by atoms with Crippen LogP contribution in [0.4, 0.5) is 5.88 Å². The van der Waals surface area contributed by atoms with Crippen molar-refractivity contribution in [2.75, 3.05) is 18.1 Å². The van der Waals surface area contributed by atoms with Crippen LogP contribution in [-0.4, -0.2) is 30.1 Å². The van der Waals surface area contributed by atoms with Crippen molar-refractivity contribution in [2.24, 2.45) is 0 Å². The normalized spacial score (nSPS) is 10.7. The number of hydrogen-bond donors (Lipinski definition) is 1. The zero-order valence-electron chi connectivity index (χ0n) is 9.36. The number of aliphatic hydroxyl groups is 1. The number of anilines is 1. The van der Waals surface area contributed by atoms with Gasteiger partial charge in [-0.2, -0.15) is 0 Å². The molecule has 0 amide bonds. The maximum atomic E-state index is 11.0. The van der Waals surface area contributed by atoms with Crippen LogP contribution in [0.2, 0.25) is 0 Å². The third-order valence-corrected chi connectivity index (χ3v) is 2.19. The van der Waals surface area contributed by atoms with Gasteiger partial charge in [-0.15, -0.1) is 0 Å². The zero-order chi connectivity index (χ0) is 11.4. The molecule has 4 heteroatoms. The lowest BCUT2D eigenvalue weighted by Gasteiger charge is -2.25. The Kier molecular flexibility index (Phi) is 3.91. The fourth-order valence-corrected chi connectivity index (χ4v) is 1.40. The van der Waals surface area contributed by atoms with Gasteiger partial charge in [0.15, 0.2) is 17.4 Å². The van der Waals surface area contributed by atoms with Gasteiger partial charge < -0.3 is 14.4 Å². The van der Waals surface area contributed by atoms with Gasteiger partial charge in [-0.05, 0) is 19.9 Å². The summed E-state index contributed by atoms with van der Waals surface area (Å²) in [6.45, 7) is 6.04. The van der Waals surface area contributed by atoms with Gasteiger partial charge in [0.05, 0.1) is 6.61 Å². The molecule has 1 aromatic rings. The lowest BCUT2D eigenvalue weighted by atomic mass is 10.3. The van der Waals surface area contributed by atoms with E-state index in [0.717, 1.165) is 0 Å². The molecule has 0 aliphatic carbocycles. The van der Waals surface area contributed by atoms with Crippen LogP contribution in [-0.2, 0) is 0 Å². The highest BCUT2D eigenvalue weighted by Crippen LogP contribution is 2.20. The summed E-state index contributed by atoms with van der Waals surface area (Å²) in [7, 11) is 0. The summed E-state index contributed by atoms with van der Waals surface area (Å²) in [5.74, 6) is 0.895. The highest BCUT2D eigenvalue weighted by Gasteiger charge is 2.15. The summed E-state index contributed by atoms with van der Waals surface area (Å²) in [4.78, 5) is 13.0. The van der Waals surface area contributed by atoms with E-state index >= 15 is 0 Å². The number of nitrogens with zero attached hydrogens (tertiary/aromatic N) is 1. The van der Waals surface area contributed by atoms with Crippen molar-refractivity contribution in [3.63, 3.8) is 0 Å². The number of ketones is 1. The van der Waals surface area contributed by atoms with Crippen molar-refractivity contribution in [3.8, 4) is 0 Å². The molecule has 1 aromatic heterocycles. The summed E-state index contributed by atoms with van der Waals surface area (Å²) >= 11 is 0. The van der Waals surface area contributed by atoms with E-state index < -0.39 is 0 Å². The quantitative estimate of drug-likeness (QED) is 0.753. The first-order valence-corrected chi connectivity index (χ1v) is 5.04. The minimum absolute atomic E-state index is 0.0638. The van der Waals surface area contributed by atoms with Gasteiger partial charge in [-0.1, -0.05) is 0 Å². The molecule has 0 aliphatic rings. The molecule has 0 bridgehead atoms. The molecule has 0 radical (unpaired) electrons. The molecule has 0 saturated heterocycles. The maximum absolute atomic E-state index is 11.0. The number of Topliss-reactive ketones (excluding diaryl/α,β-unsaturated/α-hetero) is 1. The smallest absolute Gasteiger partial charge is 0.196 e. The molecule has 1 heterocycles. The molecule has 4 nitrogen and oxygen atoms in total. The van der Waals surface area contributed by atoms with Crippen LogP contribution in [0.25, 0.3) is 0 Å². The third-order valence-electron chi connectivity index (χ3n) is 2.19. The predicted octanol–water partition coefficient (Wildman–Crippen LogP) is 1.69. The zero-order valence-corrected chi connectivity index (χ0v) is 9.36. The van der Waals surface area contributed by atoms with E-state index in [1.165, 1.54) is 6.92 Å². The Labute approximate surface area is 89.5 Å². The van der Waals surface area contributed by atoms with E-state index in [0.29, 0.717) is 18.2 Å². The minimum Gasteiger partial charge on any atom is -0.437 e. The molecule has 1 rings (SSSR count). The lowest BCUT2D eigenvalue weighted by Crippen LogP contribution is -2.33. The molecule has 0 unspecified atom stereocenters. The molecule has 0 fully saturated rings. The number of aliphatic hydroxyl groups excluding tert-OH is 1. The van der Waals surface area contributed by atoms with Gasteiger partial charge >= 0.3 is 0 Å². The molecule has 0 saturated carbocycles. The predicted molar refractivity (Wildman–Crippen MR) is 58.3 cm³/mol. The summed E-state index contributed by atoms with van der Waals surface area (Å²) in [6, 6.07) is 3.64. The number of hydrogen-bond acceptors (Lipinski definition) is 4. The standard InChI is InChI=1S/C11H17NO3/c1-8(2)12(6-7-13)11-5-4-10(15-11)9(3)14/h4-5,8,13H,6-7H2,1-3H3. The summed E-state index contributed by atoms with van der Waals surface area (Å²) in [5, 5.41) is 8.91. The topological polar surface area (TPSA) is 53.7 Å². The minimum atomic E-state index is -0.0889. The van der Waals surface area contributed by atoms with E-state index in [4.69, 9.17) is 9.52 Å². The Morgan fingerprint density at radius 1 is 1.53 bits per heavy atom. The third kappa shape index (κ3) is 2.83. The van der Waals surface area contributed by atoms with Gasteiger partial charge in [0.2, 0.25) is 0 Å². The number of rotatable bonds is 5. The first-order chi connectivity index (χ1) is 7.06. The van der Waals surface area contributed by atoms with Crippen LogP contribution in [0.15, 0.2) is 16.5 Å². The average Bonchev–Trinajstić information content (AvgIpc) is 2.62. The van der Waals surface area contributed by atoms with E-state index in [1.54, 1.807) is 12.1 Å². The molecule has 0 spiro atoms. The second-order valence-electron chi connectivity index (χ2n) is 3.70. The number of furan rings is 1. The van der Waals surface area contributed by atoms with Gasteiger partial charge in [0, 0.05) is 25.6 Å². The lowest BCUT2D eigenvalue weighted by molar-refractivity contribution is 0.0987. The molecular weight excluding hydrogens is 194 g/mol. The Bertz CT molecular complexity index is 330. The van der Waals surface area contributed by atoms with Crippen molar-refractivity contribution in [3.05, 3.63) is 17.9 Å². The summed E-state index contributed by atoms with van der Waals surface area (Å²) < 4.78 is 5.39. The van der Waals surface area contributed by atoms with Gasteiger partial charge in [0.1, 0.15) is 0 Å². The van der Waals surface area contributed by atoms with Crippen LogP contribution in [0.1, 0.15) is 31.3 Å². The van der Waals surface area contributed by atoms with Gasteiger partial charge in [0.25, 0.3) is 0 Å². The van der Waals surface area contributed by atoms with E-state index in [-0.39, 0.29) is 18.4 Å². The SMILES string of the molecule is CC(=O)c1ccc(N(CCO)C(C)C)o1. The Morgan fingerprint density at radius 3 is 2.60 bits per heavy atom. The largest absolute Gasteiger partial charge is 0.437 e. The molecule has 0 aromatic carbocycles. The van der Waals surface area contributed by atoms with Crippen LogP contribution >= 0.6 is 0 Å². The monoisotopic (exact) mass is 211 g/mol. The highest BCUT2D eigenvalue weighted by molar-refractivity contribution is 5.91. The van der Waals surface area contributed by atoms with Crippen LogP contribution < -0.4 is 4.90 Å². The van der Waals surface area contributed by atoms with Crippen molar-refractivity contribution in [1.29, 1.82) is 0 Å². The van der Waals surface area contributed by atoms with Crippen molar-refractivity contribution in [2.45, 2.75) is 26.8 Å². The second kappa shape index (κ2) is 4.98. The first-order valence-electron chi connectivity index (χ1n) is 5.04. The number of carbonyl (C=O) groups excluding carboxylic acids is 1. The molecule has 15 heavy (non-hydrogen) atoms. The highest BCUT2D eigenvalue weighted by atomic mass is 16.4. The van der Waals surface area contributed by atoms with E-state index in [2.05, 4.69) is 0 Å². The van der Waals surface area contributed by atoms with Crippen molar-refractivity contribution in [1.82, 2.24) is 0 Å². The summed E-state index contributed by atoms with van der Waals surface area (Å²) in [6.07, 6.45) is 0. The van der Waals surface area contributed by atoms with Crippen LogP contribution in [0, 0.1) is 0 Å².